The minimum absolute atomic E-state index is 0.0436. The Labute approximate surface area is 104 Å². The Bertz CT molecular complexity index is 384. The fourth-order valence-corrected chi connectivity index (χ4v) is 2.19. The van der Waals surface area contributed by atoms with Gasteiger partial charge in [-0.3, -0.25) is 10.1 Å². The van der Waals surface area contributed by atoms with Crippen LogP contribution in [0.1, 0.15) is 12.0 Å². The minimum atomic E-state index is -0.426. The van der Waals surface area contributed by atoms with E-state index in [0.717, 1.165) is 17.7 Å². The number of thioether (sulfide) groups is 1. The normalized spacial score (nSPS) is 10.2. The number of aliphatic hydroxyl groups excluding tert-OH is 1. The maximum Gasteiger partial charge on any atom is 0.273 e. The number of methoxy groups -OCH3 is 1. The summed E-state index contributed by atoms with van der Waals surface area (Å²) in [6.07, 6.45) is 0.733. The first kappa shape index (κ1) is 13.8. The number of aliphatic hydroxyl groups is 1. The third kappa shape index (κ3) is 4.62. The molecule has 0 unspecified atom stereocenters. The molecule has 0 atom stereocenters. The molecule has 0 saturated carbocycles. The summed E-state index contributed by atoms with van der Waals surface area (Å²) in [5.74, 6) is 2.01. The van der Waals surface area contributed by atoms with Gasteiger partial charge in [-0.15, -0.1) is 0 Å². The van der Waals surface area contributed by atoms with Gasteiger partial charge in [-0.1, -0.05) is 0 Å². The number of hydrogen-bond acceptors (Lipinski definition) is 5. The van der Waals surface area contributed by atoms with Crippen LogP contribution in [0.25, 0.3) is 0 Å². The van der Waals surface area contributed by atoms with Crippen LogP contribution in [0.3, 0.4) is 0 Å². The fraction of sp³-hybridized carbons (Fsp3) is 0.455. The molecule has 1 aromatic rings. The van der Waals surface area contributed by atoms with E-state index in [-0.39, 0.29) is 12.3 Å². The summed E-state index contributed by atoms with van der Waals surface area (Å²) in [4.78, 5) is 10.3. The molecule has 1 N–H and O–H groups in total. The van der Waals surface area contributed by atoms with Crippen LogP contribution in [0.2, 0.25) is 0 Å². The molecular weight excluding hydrogens is 242 g/mol. The van der Waals surface area contributed by atoms with Gasteiger partial charge in [-0.2, -0.15) is 11.8 Å². The molecule has 0 saturated heterocycles. The van der Waals surface area contributed by atoms with Gasteiger partial charge in [0.05, 0.1) is 18.1 Å². The maximum atomic E-state index is 10.7. The molecule has 1 aromatic carbocycles. The van der Waals surface area contributed by atoms with E-state index in [9.17, 15) is 10.1 Å². The molecule has 17 heavy (non-hydrogen) atoms. The quantitative estimate of drug-likeness (QED) is 0.460. The fourth-order valence-electron chi connectivity index (χ4n) is 1.31. The van der Waals surface area contributed by atoms with Crippen molar-refractivity contribution in [2.24, 2.45) is 0 Å². The molecule has 0 aromatic heterocycles. The molecule has 0 aliphatic heterocycles. The number of nitrogens with zero attached hydrogens (tertiary/aromatic N) is 1. The molecule has 0 fully saturated rings. The number of ether oxygens (including phenoxy) is 1. The van der Waals surface area contributed by atoms with E-state index in [1.54, 1.807) is 23.9 Å². The van der Waals surface area contributed by atoms with Crippen molar-refractivity contribution < 1.29 is 14.8 Å². The predicted octanol–water partition coefficient (Wildman–Crippen LogP) is 2.22. The second-order valence-corrected chi connectivity index (χ2v) is 4.53. The molecule has 0 spiro atoms. The number of hydrogen-bond donors (Lipinski definition) is 1. The van der Waals surface area contributed by atoms with Gasteiger partial charge >= 0.3 is 0 Å². The van der Waals surface area contributed by atoms with Crippen molar-refractivity contribution >= 4 is 17.4 Å². The second kappa shape index (κ2) is 7.13. The highest BCUT2D eigenvalue weighted by atomic mass is 32.2. The van der Waals surface area contributed by atoms with Crippen LogP contribution in [-0.2, 0) is 5.75 Å². The molecule has 0 bridgehead atoms. The third-order valence-electron chi connectivity index (χ3n) is 2.11. The highest BCUT2D eigenvalue weighted by Crippen LogP contribution is 2.25. The van der Waals surface area contributed by atoms with Gasteiger partial charge in [0.1, 0.15) is 5.75 Å². The standard InChI is InChI=1S/C11H15NO4S/c1-16-11-6-9(8-17-4-2-3-13)5-10(7-11)12(14)15/h5-7,13H,2-4,8H2,1H3. The Balaban J connectivity index is 2.70. The largest absolute Gasteiger partial charge is 0.496 e. The van der Waals surface area contributed by atoms with Crippen molar-refractivity contribution in [3.05, 3.63) is 33.9 Å². The van der Waals surface area contributed by atoms with Crippen molar-refractivity contribution in [2.75, 3.05) is 19.5 Å². The summed E-state index contributed by atoms with van der Waals surface area (Å²) in [5, 5.41) is 19.3. The minimum Gasteiger partial charge on any atom is -0.496 e. The van der Waals surface area contributed by atoms with E-state index < -0.39 is 4.92 Å². The van der Waals surface area contributed by atoms with Crippen LogP contribution >= 0.6 is 11.8 Å². The average Bonchev–Trinajstić information content (AvgIpc) is 2.34. The lowest BCUT2D eigenvalue weighted by atomic mass is 10.2. The summed E-state index contributed by atoms with van der Waals surface area (Å²) < 4.78 is 5.02. The van der Waals surface area contributed by atoms with E-state index in [1.165, 1.54) is 13.2 Å². The second-order valence-electron chi connectivity index (χ2n) is 3.43. The summed E-state index contributed by atoms with van der Waals surface area (Å²) >= 11 is 1.63. The molecule has 6 heteroatoms. The summed E-state index contributed by atoms with van der Waals surface area (Å²) in [7, 11) is 1.49. The zero-order valence-electron chi connectivity index (χ0n) is 9.59. The molecular formula is C11H15NO4S. The summed E-state index contributed by atoms with van der Waals surface area (Å²) in [6, 6.07) is 4.75. The molecule has 0 amide bonds. The predicted molar refractivity (Wildman–Crippen MR) is 67.5 cm³/mol. The SMILES string of the molecule is COc1cc(CSCCCO)cc([N+](=O)[O-])c1. The Morgan fingerprint density at radius 3 is 2.82 bits per heavy atom. The topological polar surface area (TPSA) is 72.6 Å². The van der Waals surface area contributed by atoms with Gasteiger partial charge in [0, 0.05) is 18.4 Å². The molecule has 0 heterocycles. The number of benzene rings is 1. The van der Waals surface area contributed by atoms with Gasteiger partial charge in [0.2, 0.25) is 0 Å². The Morgan fingerprint density at radius 1 is 1.47 bits per heavy atom. The van der Waals surface area contributed by atoms with E-state index >= 15 is 0 Å². The van der Waals surface area contributed by atoms with Gasteiger partial charge in [0.25, 0.3) is 5.69 Å². The summed E-state index contributed by atoms with van der Waals surface area (Å²) in [5.41, 5.74) is 0.904. The first-order valence-electron chi connectivity index (χ1n) is 5.18. The van der Waals surface area contributed by atoms with Gasteiger partial charge in [-0.25, -0.2) is 0 Å². The monoisotopic (exact) mass is 257 g/mol. The Hall–Kier alpha value is -1.27. The van der Waals surface area contributed by atoms with E-state index in [2.05, 4.69) is 0 Å². The smallest absolute Gasteiger partial charge is 0.273 e. The number of nitro groups is 1. The van der Waals surface area contributed by atoms with E-state index in [1.807, 2.05) is 0 Å². The molecule has 1 rings (SSSR count). The Morgan fingerprint density at radius 2 is 2.24 bits per heavy atom. The van der Waals surface area contributed by atoms with Crippen LogP contribution < -0.4 is 4.74 Å². The highest BCUT2D eigenvalue weighted by molar-refractivity contribution is 7.98. The molecule has 0 aliphatic carbocycles. The van der Waals surface area contributed by atoms with Gasteiger partial charge in [0.15, 0.2) is 0 Å². The van der Waals surface area contributed by atoms with Crippen LogP contribution in [-0.4, -0.2) is 29.5 Å². The number of rotatable bonds is 7. The lowest BCUT2D eigenvalue weighted by Crippen LogP contribution is -1.93. The maximum absolute atomic E-state index is 10.7. The van der Waals surface area contributed by atoms with Gasteiger partial charge < -0.3 is 9.84 Å². The molecule has 0 radical (unpaired) electrons. The van der Waals surface area contributed by atoms with Crippen LogP contribution in [0.5, 0.6) is 5.75 Å². The summed E-state index contributed by atoms with van der Waals surface area (Å²) in [6.45, 7) is 0.172. The zero-order chi connectivity index (χ0) is 12.7. The van der Waals surface area contributed by atoms with Crippen LogP contribution in [0.4, 0.5) is 5.69 Å². The molecule has 94 valence electrons. The van der Waals surface area contributed by atoms with Crippen molar-refractivity contribution in [1.29, 1.82) is 0 Å². The first-order valence-corrected chi connectivity index (χ1v) is 6.34. The van der Waals surface area contributed by atoms with Crippen molar-refractivity contribution in [2.45, 2.75) is 12.2 Å². The van der Waals surface area contributed by atoms with Crippen molar-refractivity contribution in [3.8, 4) is 5.75 Å². The lowest BCUT2D eigenvalue weighted by molar-refractivity contribution is -0.385. The van der Waals surface area contributed by atoms with Crippen LogP contribution in [0.15, 0.2) is 18.2 Å². The first-order chi connectivity index (χ1) is 8.17. The van der Waals surface area contributed by atoms with E-state index in [4.69, 9.17) is 9.84 Å². The van der Waals surface area contributed by atoms with E-state index in [0.29, 0.717) is 11.5 Å². The highest BCUT2D eigenvalue weighted by Gasteiger charge is 2.09. The molecule has 0 aliphatic rings. The zero-order valence-corrected chi connectivity index (χ0v) is 10.4. The molecule has 5 nitrogen and oxygen atoms in total. The lowest BCUT2D eigenvalue weighted by Gasteiger charge is -2.05. The number of nitro benzene ring substituents is 1. The number of non-ortho nitro benzene ring substituents is 1. The van der Waals surface area contributed by atoms with Crippen molar-refractivity contribution in [3.63, 3.8) is 0 Å². The van der Waals surface area contributed by atoms with Crippen molar-refractivity contribution in [1.82, 2.24) is 0 Å². The van der Waals surface area contributed by atoms with Gasteiger partial charge in [-0.05, 0) is 23.8 Å². The third-order valence-corrected chi connectivity index (χ3v) is 3.23. The Kier molecular flexibility index (Phi) is 5.79. The van der Waals surface area contributed by atoms with Crippen LogP contribution in [0, 0.1) is 10.1 Å². The average molecular weight is 257 g/mol.